The van der Waals surface area contributed by atoms with Crippen molar-refractivity contribution in [2.45, 2.75) is 25.0 Å². The Balaban J connectivity index is 1.65. The SMILES string of the molecule is CO[C@@H]1C[C@@H](c2ncc[nH]2)N(C(=O)C/C=C/c2ccc(F)cc2)C1. The van der Waals surface area contributed by atoms with Crippen molar-refractivity contribution in [1.82, 2.24) is 14.9 Å². The molecule has 0 radical (unpaired) electrons. The van der Waals surface area contributed by atoms with E-state index in [2.05, 4.69) is 9.97 Å². The molecule has 2 heterocycles. The number of H-pyrrole nitrogens is 1. The topological polar surface area (TPSA) is 58.2 Å². The van der Waals surface area contributed by atoms with Crippen LogP contribution in [0.3, 0.4) is 0 Å². The molecule has 0 unspecified atom stereocenters. The Morgan fingerprint density at radius 2 is 2.25 bits per heavy atom. The largest absolute Gasteiger partial charge is 0.380 e. The number of hydrogen-bond acceptors (Lipinski definition) is 3. The number of carbonyl (C=O) groups excluding carboxylic acids is 1. The molecule has 2 atom stereocenters. The van der Waals surface area contributed by atoms with E-state index in [0.717, 1.165) is 17.8 Å². The molecular formula is C18H20FN3O2. The average molecular weight is 329 g/mol. The van der Waals surface area contributed by atoms with Crippen molar-refractivity contribution in [2.75, 3.05) is 13.7 Å². The maximum atomic E-state index is 12.9. The van der Waals surface area contributed by atoms with Crippen molar-refractivity contribution in [1.29, 1.82) is 0 Å². The Morgan fingerprint density at radius 1 is 1.46 bits per heavy atom. The molecule has 126 valence electrons. The van der Waals surface area contributed by atoms with Gasteiger partial charge in [0.25, 0.3) is 0 Å². The summed E-state index contributed by atoms with van der Waals surface area (Å²) in [6, 6.07) is 6.07. The number of benzene rings is 1. The molecule has 0 aliphatic carbocycles. The first-order chi connectivity index (χ1) is 11.7. The highest BCUT2D eigenvalue weighted by Gasteiger charge is 2.37. The maximum Gasteiger partial charge on any atom is 0.227 e. The zero-order valence-corrected chi connectivity index (χ0v) is 13.5. The molecule has 1 aromatic heterocycles. The van der Waals surface area contributed by atoms with E-state index in [-0.39, 0.29) is 30.3 Å². The van der Waals surface area contributed by atoms with E-state index < -0.39 is 0 Å². The highest BCUT2D eigenvalue weighted by molar-refractivity contribution is 5.79. The molecule has 1 aliphatic heterocycles. The number of imidazole rings is 1. The Morgan fingerprint density at radius 3 is 2.92 bits per heavy atom. The number of hydrogen-bond donors (Lipinski definition) is 1. The summed E-state index contributed by atoms with van der Waals surface area (Å²) in [6.45, 7) is 0.561. The van der Waals surface area contributed by atoms with Crippen molar-refractivity contribution >= 4 is 12.0 Å². The van der Waals surface area contributed by atoms with Crippen molar-refractivity contribution in [3.63, 3.8) is 0 Å². The van der Waals surface area contributed by atoms with Gasteiger partial charge in [0, 0.05) is 38.9 Å². The lowest BCUT2D eigenvalue weighted by Crippen LogP contribution is -2.31. The number of likely N-dealkylation sites (tertiary alicyclic amines) is 1. The van der Waals surface area contributed by atoms with Crippen LogP contribution in [0.25, 0.3) is 6.08 Å². The summed E-state index contributed by atoms with van der Waals surface area (Å²) in [5.74, 6) is 0.534. The number of carbonyl (C=O) groups is 1. The first-order valence-electron chi connectivity index (χ1n) is 7.91. The predicted octanol–water partition coefficient (Wildman–Crippen LogP) is 2.94. The van der Waals surface area contributed by atoms with Gasteiger partial charge >= 0.3 is 0 Å². The fraction of sp³-hybridized carbons (Fsp3) is 0.333. The van der Waals surface area contributed by atoms with Crippen LogP contribution in [0.4, 0.5) is 4.39 Å². The van der Waals surface area contributed by atoms with Crippen molar-refractivity contribution < 1.29 is 13.9 Å². The smallest absolute Gasteiger partial charge is 0.227 e. The van der Waals surface area contributed by atoms with Gasteiger partial charge in [-0.3, -0.25) is 4.79 Å². The Kier molecular flexibility index (Phi) is 5.05. The van der Waals surface area contributed by atoms with Crippen LogP contribution in [0.15, 0.2) is 42.7 Å². The van der Waals surface area contributed by atoms with E-state index >= 15 is 0 Å². The van der Waals surface area contributed by atoms with Crippen molar-refractivity contribution in [2.24, 2.45) is 0 Å². The van der Waals surface area contributed by atoms with Gasteiger partial charge in [0.1, 0.15) is 11.6 Å². The fourth-order valence-electron chi connectivity index (χ4n) is 2.95. The van der Waals surface area contributed by atoms with Gasteiger partial charge in [0.2, 0.25) is 5.91 Å². The van der Waals surface area contributed by atoms with Gasteiger partial charge in [-0.25, -0.2) is 9.37 Å². The van der Waals surface area contributed by atoms with E-state index in [1.807, 2.05) is 11.0 Å². The highest BCUT2D eigenvalue weighted by Crippen LogP contribution is 2.31. The number of nitrogens with one attached hydrogen (secondary N) is 1. The van der Waals surface area contributed by atoms with Gasteiger partial charge in [-0.1, -0.05) is 24.3 Å². The average Bonchev–Trinajstić information content (AvgIpc) is 3.25. The van der Waals surface area contributed by atoms with E-state index in [1.54, 1.807) is 37.7 Å². The summed E-state index contributed by atoms with van der Waals surface area (Å²) in [7, 11) is 1.66. The van der Waals surface area contributed by atoms with Gasteiger partial charge in [0.15, 0.2) is 0 Å². The predicted molar refractivity (Wildman–Crippen MR) is 88.5 cm³/mol. The summed E-state index contributed by atoms with van der Waals surface area (Å²) in [5.41, 5.74) is 0.864. The van der Waals surface area contributed by atoms with Crippen molar-refractivity contribution in [3.05, 3.63) is 59.9 Å². The lowest BCUT2D eigenvalue weighted by molar-refractivity contribution is -0.131. The highest BCUT2D eigenvalue weighted by atomic mass is 19.1. The first-order valence-corrected chi connectivity index (χ1v) is 7.91. The number of nitrogens with zero attached hydrogens (tertiary/aromatic N) is 2. The molecule has 1 aliphatic rings. The van der Waals surface area contributed by atoms with E-state index in [1.165, 1.54) is 12.1 Å². The molecule has 2 aromatic rings. The number of aromatic amines is 1. The summed E-state index contributed by atoms with van der Waals surface area (Å²) in [6.07, 6.45) is 8.10. The summed E-state index contributed by atoms with van der Waals surface area (Å²) >= 11 is 0. The third kappa shape index (κ3) is 3.71. The number of amides is 1. The monoisotopic (exact) mass is 329 g/mol. The van der Waals surface area contributed by atoms with Crippen LogP contribution in [-0.4, -0.2) is 40.5 Å². The summed E-state index contributed by atoms with van der Waals surface area (Å²) in [4.78, 5) is 21.7. The molecule has 24 heavy (non-hydrogen) atoms. The van der Waals surface area contributed by atoms with Crippen LogP contribution in [0, 0.1) is 5.82 Å². The summed E-state index contributed by atoms with van der Waals surface area (Å²) < 4.78 is 18.3. The molecular weight excluding hydrogens is 309 g/mol. The molecule has 1 saturated heterocycles. The van der Waals surface area contributed by atoms with Crippen LogP contribution in [0.2, 0.25) is 0 Å². The molecule has 1 aromatic carbocycles. The molecule has 3 rings (SSSR count). The van der Waals surface area contributed by atoms with Gasteiger partial charge in [-0.05, 0) is 17.7 Å². The Bertz CT molecular complexity index is 698. The zero-order chi connectivity index (χ0) is 16.9. The van der Waals surface area contributed by atoms with Gasteiger partial charge in [-0.2, -0.15) is 0 Å². The van der Waals surface area contributed by atoms with Crippen LogP contribution in [0.1, 0.15) is 30.3 Å². The number of aromatic nitrogens is 2. The molecule has 1 fully saturated rings. The summed E-state index contributed by atoms with van der Waals surface area (Å²) in [5, 5.41) is 0. The molecule has 1 N–H and O–H groups in total. The number of methoxy groups -OCH3 is 1. The third-order valence-electron chi connectivity index (χ3n) is 4.22. The zero-order valence-electron chi connectivity index (χ0n) is 13.5. The molecule has 6 heteroatoms. The van der Waals surface area contributed by atoms with E-state index in [0.29, 0.717) is 6.54 Å². The third-order valence-corrected chi connectivity index (χ3v) is 4.22. The second kappa shape index (κ2) is 7.40. The van der Waals surface area contributed by atoms with Crippen LogP contribution in [-0.2, 0) is 9.53 Å². The minimum atomic E-state index is -0.271. The molecule has 1 amide bonds. The number of halogens is 1. The van der Waals surface area contributed by atoms with Crippen molar-refractivity contribution in [3.8, 4) is 0 Å². The fourth-order valence-corrected chi connectivity index (χ4v) is 2.95. The minimum Gasteiger partial charge on any atom is -0.380 e. The van der Waals surface area contributed by atoms with Gasteiger partial charge in [0.05, 0.1) is 12.1 Å². The lowest BCUT2D eigenvalue weighted by Gasteiger charge is -2.22. The molecule has 0 saturated carbocycles. The standard InChI is InChI=1S/C18H20FN3O2/c1-24-15-11-16(18-20-9-10-21-18)22(12-15)17(23)4-2-3-13-5-7-14(19)8-6-13/h2-3,5-10,15-16H,4,11-12H2,1H3,(H,20,21)/b3-2+/t15-,16+/m1/s1. The Labute approximate surface area is 140 Å². The van der Waals surface area contributed by atoms with Gasteiger partial charge in [-0.15, -0.1) is 0 Å². The van der Waals surface area contributed by atoms with Crippen LogP contribution in [0.5, 0.6) is 0 Å². The van der Waals surface area contributed by atoms with Crippen LogP contribution >= 0.6 is 0 Å². The normalized spacial score (nSPS) is 20.8. The van der Waals surface area contributed by atoms with Crippen LogP contribution < -0.4 is 0 Å². The second-order valence-corrected chi connectivity index (χ2v) is 5.79. The molecule has 5 nitrogen and oxygen atoms in total. The number of rotatable bonds is 5. The molecule has 0 spiro atoms. The van der Waals surface area contributed by atoms with E-state index in [9.17, 15) is 9.18 Å². The van der Waals surface area contributed by atoms with E-state index in [4.69, 9.17) is 4.74 Å². The maximum absolute atomic E-state index is 12.9. The second-order valence-electron chi connectivity index (χ2n) is 5.79. The Hall–Kier alpha value is -2.47. The molecule has 0 bridgehead atoms. The van der Waals surface area contributed by atoms with Gasteiger partial charge < -0.3 is 14.6 Å². The lowest BCUT2D eigenvalue weighted by atomic mass is 10.1. The minimum absolute atomic E-state index is 0.0186. The quantitative estimate of drug-likeness (QED) is 0.917. The first kappa shape index (κ1) is 16.4. The number of ether oxygens (including phenoxy) is 1.